The van der Waals surface area contributed by atoms with Crippen LogP contribution in [0.15, 0.2) is 49.3 Å². The number of sulfone groups is 1. The van der Waals surface area contributed by atoms with Crippen LogP contribution >= 0.6 is 0 Å². The molecule has 1 N–H and O–H groups in total. The number of nitrogens with one attached hydrogen (secondary N) is 1. The maximum atomic E-state index is 13.2. The van der Waals surface area contributed by atoms with Gasteiger partial charge in [0.05, 0.1) is 17.9 Å². The highest BCUT2D eigenvalue weighted by Gasteiger charge is 2.53. The third kappa shape index (κ3) is 6.74. The number of likely N-dealkylation sites (tertiary alicyclic amines) is 1. The van der Waals surface area contributed by atoms with Crippen molar-refractivity contribution >= 4 is 49.8 Å². The fourth-order valence-electron chi connectivity index (χ4n) is 8.21. The van der Waals surface area contributed by atoms with Gasteiger partial charge >= 0.3 is 0 Å². The molecule has 3 aliphatic heterocycles. The van der Waals surface area contributed by atoms with E-state index in [-0.39, 0.29) is 41.3 Å². The molecule has 3 aromatic rings. The number of piperidine rings is 1. The third-order valence-electron chi connectivity index (χ3n) is 10.7. The summed E-state index contributed by atoms with van der Waals surface area (Å²) in [4.78, 5) is 33.9. The fourth-order valence-corrected chi connectivity index (χ4v) is 9.55. The highest BCUT2D eigenvalue weighted by atomic mass is 32.2. The lowest BCUT2D eigenvalue weighted by Crippen LogP contribution is -2.71. The number of hydrogen-bond acceptors (Lipinski definition) is 10. The molecular weight excluding hydrogens is 627 g/mol. The number of anilines is 4. The van der Waals surface area contributed by atoms with Gasteiger partial charge in [-0.3, -0.25) is 4.79 Å². The highest BCUT2D eigenvalue weighted by Crippen LogP contribution is 2.49. The number of pyridine rings is 1. The molecule has 3 aliphatic rings. The number of hydrogen-bond donors (Lipinski definition) is 1. The molecule has 3 atom stereocenters. The summed E-state index contributed by atoms with van der Waals surface area (Å²) in [6.07, 6.45) is 12.4. The number of methoxy groups -OCH3 is 1. The van der Waals surface area contributed by atoms with E-state index < -0.39 is 9.84 Å². The second-order valence-corrected chi connectivity index (χ2v) is 16.3. The molecule has 0 saturated carbocycles. The Kier molecular flexibility index (Phi) is 9.68. The zero-order valence-electron chi connectivity index (χ0n) is 28.9. The number of fused-ring (bicyclic) bond motifs is 1. The first-order valence-electron chi connectivity index (χ1n) is 17.1. The monoisotopic (exact) mass is 675 g/mol. The molecule has 0 aliphatic carbocycles. The minimum atomic E-state index is -3.14. The third-order valence-corrected chi connectivity index (χ3v) is 11.7. The molecule has 0 spiro atoms. The highest BCUT2D eigenvalue weighted by molar-refractivity contribution is 7.90. The van der Waals surface area contributed by atoms with Crippen molar-refractivity contribution in [2.24, 2.45) is 5.92 Å². The van der Waals surface area contributed by atoms with E-state index in [1.54, 1.807) is 13.3 Å². The van der Waals surface area contributed by atoms with Crippen LogP contribution in [0.4, 0.5) is 23.3 Å². The second-order valence-electron chi connectivity index (χ2n) is 14.1. The predicted molar refractivity (Wildman–Crippen MR) is 192 cm³/mol. The van der Waals surface area contributed by atoms with Crippen LogP contribution in [0, 0.1) is 5.92 Å². The quantitative estimate of drug-likeness (QED) is 0.285. The Balaban J connectivity index is 1.39. The van der Waals surface area contributed by atoms with Crippen LogP contribution in [0.25, 0.3) is 10.8 Å². The first kappa shape index (κ1) is 34.1. The summed E-state index contributed by atoms with van der Waals surface area (Å²) in [5.74, 6) is 2.04. The van der Waals surface area contributed by atoms with E-state index in [0.29, 0.717) is 24.1 Å². The molecule has 1 amide bonds. The van der Waals surface area contributed by atoms with Gasteiger partial charge in [0.1, 0.15) is 21.5 Å². The average Bonchev–Trinajstić information content (AvgIpc) is 3.33. The largest absolute Gasteiger partial charge is 0.381 e. The average molecular weight is 676 g/mol. The van der Waals surface area contributed by atoms with E-state index in [4.69, 9.17) is 14.7 Å². The van der Waals surface area contributed by atoms with E-state index in [1.807, 2.05) is 17.2 Å². The number of carbonyl (C=O) groups excluding carboxylic acids is 1. The molecule has 1 aromatic carbocycles. The molecule has 3 fully saturated rings. The Morgan fingerprint density at radius 3 is 2.52 bits per heavy atom. The topological polar surface area (TPSA) is 121 Å². The Labute approximate surface area is 284 Å². The van der Waals surface area contributed by atoms with Crippen LogP contribution < -0.4 is 15.1 Å². The lowest BCUT2D eigenvalue weighted by molar-refractivity contribution is -0.128. The van der Waals surface area contributed by atoms with Crippen LogP contribution in [0.2, 0.25) is 0 Å². The van der Waals surface area contributed by atoms with Gasteiger partial charge in [-0.1, -0.05) is 25.5 Å². The summed E-state index contributed by atoms with van der Waals surface area (Å²) in [6, 6.07) is 8.10. The molecule has 48 heavy (non-hydrogen) atoms. The first-order valence-corrected chi connectivity index (χ1v) is 19.2. The lowest BCUT2D eigenvalue weighted by Gasteiger charge is -2.62. The molecule has 258 valence electrons. The standard InChI is InChI=1S/C36H49N7O4S/c1-7-34(44)42-18-10-8-9-11-30(42)26-12-13-31(43-24(2)29(36(43,3)4)23-48(6,45)46)28-22-38-33(21-27(26)28)39-32-14-17-37-35(40-32)41-19-15-25(47-5)16-20-41/h7,12-14,17,21-22,24-25,29-30H,1,8-11,15-16,18-20,23H2,2-6H3,(H,37,38,39,40)/t24-,29-,30-/m1/s1. The number of amides is 1. The molecule has 0 unspecified atom stereocenters. The normalized spacial score (nSPS) is 23.4. The summed E-state index contributed by atoms with van der Waals surface area (Å²) in [6.45, 7) is 12.5. The van der Waals surface area contributed by atoms with Crippen LogP contribution in [0.1, 0.15) is 70.9 Å². The number of aromatic nitrogens is 3. The molecule has 5 heterocycles. The Hall–Kier alpha value is -3.77. The maximum absolute atomic E-state index is 13.2. The maximum Gasteiger partial charge on any atom is 0.246 e. The molecule has 2 aromatic heterocycles. The van der Waals surface area contributed by atoms with Gasteiger partial charge < -0.3 is 24.8 Å². The summed E-state index contributed by atoms with van der Waals surface area (Å²) in [5.41, 5.74) is 1.70. The van der Waals surface area contributed by atoms with E-state index in [1.165, 1.54) is 12.3 Å². The van der Waals surface area contributed by atoms with Crippen molar-refractivity contribution in [3.63, 3.8) is 0 Å². The minimum Gasteiger partial charge on any atom is -0.381 e. The Morgan fingerprint density at radius 1 is 1.06 bits per heavy atom. The summed E-state index contributed by atoms with van der Waals surface area (Å²) in [5, 5.41) is 5.40. The first-order chi connectivity index (χ1) is 22.9. The lowest BCUT2D eigenvalue weighted by atomic mass is 9.71. The zero-order valence-corrected chi connectivity index (χ0v) is 29.7. The van der Waals surface area contributed by atoms with E-state index in [9.17, 15) is 13.2 Å². The van der Waals surface area contributed by atoms with Gasteiger partial charge in [0.25, 0.3) is 0 Å². The number of rotatable bonds is 9. The minimum absolute atomic E-state index is 0.00839. The molecule has 6 rings (SSSR count). The van der Waals surface area contributed by atoms with Crippen molar-refractivity contribution in [1.82, 2.24) is 19.9 Å². The summed E-state index contributed by atoms with van der Waals surface area (Å²) in [7, 11) is -1.38. The summed E-state index contributed by atoms with van der Waals surface area (Å²) >= 11 is 0. The molecule has 0 bridgehead atoms. The number of benzene rings is 1. The Morgan fingerprint density at radius 2 is 1.83 bits per heavy atom. The molecular formula is C36H49N7O4S. The Bertz CT molecular complexity index is 1770. The fraction of sp³-hybridized carbons (Fsp3) is 0.556. The van der Waals surface area contributed by atoms with Crippen molar-refractivity contribution in [3.8, 4) is 0 Å². The number of carbonyl (C=O) groups is 1. The predicted octanol–water partition coefficient (Wildman–Crippen LogP) is 5.66. The van der Waals surface area contributed by atoms with Crippen LogP contribution in [0.3, 0.4) is 0 Å². The van der Waals surface area contributed by atoms with Gasteiger partial charge in [0.2, 0.25) is 11.9 Å². The van der Waals surface area contributed by atoms with Gasteiger partial charge in [-0.15, -0.1) is 0 Å². The van der Waals surface area contributed by atoms with E-state index in [2.05, 4.69) is 65.6 Å². The molecule has 0 radical (unpaired) electrons. The van der Waals surface area contributed by atoms with Crippen molar-refractivity contribution < 1.29 is 17.9 Å². The van der Waals surface area contributed by atoms with Crippen molar-refractivity contribution in [2.45, 2.75) is 83.0 Å². The van der Waals surface area contributed by atoms with Gasteiger partial charge in [0.15, 0.2) is 0 Å². The second kappa shape index (κ2) is 13.6. The van der Waals surface area contributed by atoms with Crippen molar-refractivity contribution in [3.05, 3.63) is 54.9 Å². The van der Waals surface area contributed by atoms with Gasteiger partial charge in [-0.25, -0.2) is 18.4 Å². The van der Waals surface area contributed by atoms with Crippen LogP contribution in [0.5, 0.6) is 0 Å². The van der Waals surface area contributed by atoms with Crippen LogP contribution in [-0.2, 0) is 19.4 Å². The molecule has 11 nitrogen and oxygen atoms in total. The number of nitrogens with zero attached hydrogens (tertiary/aromatic N) is 6. The zero-order chi connectivity index (χ0) is 34.2. The van der Waals surface area contributed by atoms with E-state index in [0.717, 1.165) is 73.6 Å². The summed E-state index contributed by atoms with van der Waals surface area (Å²) < 4.78 is 30.2. The SMILES string of the molecule is C=CC(=O)N1CCCCC[C@@H]1c1ccc(N2[C@H](C)[C@@H](CS(C)(=O)=O)C2(C)C)c2cnc(Nc3ccnc(N4CCC(OC)CC4)n3)cc12. The van der Waals surface area contributed by atoms with Gasteiger partial charge in [-0.2, -0.15) is 4.98 Å². The van der Waals surface area contributed by atoms with Gasteiger partial charge in [-0.05, 0) is 81.7 Å². The molecule has 12 heteroatoms. The van der Waals surface area contributed by atoms with Crippen molar-refractivity contribution in [2.75, 3.05) is 53.9 Å². The van der Waals surface area contributed by atoms with Crippen molar-refractivity contribution in [1.29, 1.82) is 0 Å². The van der Waals surface area contributed by atoms with Gasteiger partial charge in [0, 0.05) is 74.0 Å². The smallest absolute Gasteiger partial charge is 0.246 e. The number of ether oxygens (including phenoxy) is 1. The van der Waals surface area contributed by atoms with Crippen LogP contribution in [-0.4, -0.2) is 90.6 Å². The molecule has 3 saturated heterocycles. The van der Waals surface area contributed by atoms with E-state index >= 15 is 0 Å².